The van der Waals surface area contributed by atoms with Crippen LogP contribution >= 0.6 is 0 Å². The van der Waals surface area contributed by atoms with Crippen LogP contribution in [0.15, 0.2) is 72.8 Å². The Kier molecular flexibility index (Phi) is 11.7. The maximum absolute atomic E-state index is 14.1. The number of halogens is 2. The second kappa shape index (κ2) is 17.0. The number of nitrogens with one attached hydrogen (secondary N) is 2. The number of nitrogens with zero attached hydrogens (tertiary/aromatic N) is 4. The number of rotatable bonds is 12. The lowest BCUT2D eigenvalue weighted by Crippen LogP contribution is -2.49. The lowest BCUT2D eigenvalue weighted by molar-refractivity contribution is -0.138. The van der Waals surface area contributed by atoms with Crippen LogP contribution in [0.2, 0.25) is 0 Å². The zero-order valence-corrected chi connectivity index (χ0v) is 31.2. The molecule has 3 saturated heterocycles. The molecular weight excluding hydrogens is 721 g/mol. The van der Waals surface area contributed by atoms with Gasteiger partial charge < -0.3 is 30.7 Å². The Bertz CT molecular complexity index is 2040. The summed E-state index contributed by atoms with van der Waals surface area (Å²) in [7, 11) is 0. The smallest absolute Gasteiger partial charge is 0.267 e. The summed E-state index contributed by atoms with van der Waals surface area (Å²) in [5, 5.41) is 23.9. The quantitative estimate of drug-likeness (QED) is 0.141. The molecule has 1 unspecified atom stereocenters. The first kappa shape index (κ1) is 38.6. The second-order valence-corrected chi connectivity index (χ2v) is 15.0. The number of aromatic nitrogens is 2. The Morgan fingerprint density at radius 1 is 0.964 bits per heavy atom. The van der Waals surface area contributed by atoms with E-state index in [9.17, 15) is 28.3 Å². The van der Waals surface area contributed by atoms with Crippen molar-refractivity contribution in [1.29, 1.82) is 0 Å². The normalized spacial score (nSPS) is 19.0. The van der Waals surface area contributed by atoms with Crippen molar-refractivity contribution in [2.75, 3.05) is 49.9 Å². The van der Waals surface area contributed by atoms with Crippen molar-refractivity contribution in [1.82, 2.24) is 25.7 Å². The number of nitrogens with two attached hydrogens (primary N) is 1. The Morgan fingerprint density at radius 2 is 1.70 bits per heavy atom. The number of carbonyl (C=O) groups is 3. The van der Waals surface area contributed by atoms with E-state index in [1.165, 1.54) is 5.56 Å². The van der Waals surface area contributed by atoms with E-state index in [-0.39, 0.29) is 46.6 Å². The molecule has 3 amide bonds. The van der Waals surface area contributed by atoms with Gasteiger partial charge in [-0.1, -0.05) is 42.5 Å². The number of carbonyl (C=O) groups excluding carboxylic acids is 3. The molecule has 3 aliphatic heterocycles. The number of amides is 3. The van der Waals surface area contributed by atoms with Gasteiger partial charge in [0.2, 0.25) is 11.8 Å². The molecule has 7 rings (SSSR count). The Morgan fingerprint density at radius 3 is 2.41 bits per heavy atom. The predicted molar refractivity (Wildman–Crippen MR) is 207 cm³/mol. The van der Waals surface area contributed by atoms with E-state index in [1.54, 1.807) is 6.07 Å². The number of aromatic hydroxyl groups is 1. The molecule has 5 N–H and O–H groups in total. The monoisotopic (exact) mass is 767 g/mol. The molecule has 0 spiro atoms. The van der Waals surface area contributed by atoms with E-state index >= 15 is 0 Å². The summed E-state index contributed by atoms with van der Waals surface area (Å²) in [6.45, 7) is 4.40. The topological polar surface area (TPSA) is 163 Å². The first-order valence-corrected chi connectivity index (χ1v) is 19.3. The first-order chi connectivity index (χ1) is 27.1. The highest BCUT2D eigenvalue weighted by Gasteiger charge is 2.37. The van der Waals surface area contributed by atoms with Crippen LogP contribution < -0.4 is 26.0 Å². The number of anilines is 2. The van der Waals surface area contributed by atoms with Gasteiger partial charge in [-0.15, -0.1) is 10.2 Å². The third-order valence-electron chi connectivity index (χ3n) is 11.5. The highest BCUT2D eigenvalue weighted by molar-refractivity contribution is 5.99. The average Bonchev–Trinajstić information content (AvgIpc) is 3.21. The van der Waals surface area contributed by atoms with Gasteiger partial charge in [0, 0.05) is 55.9 Å². The van der Waals surface area contributed by atoms with Crippen LogP contribution in [0.5, 0.6) is 11.5 Å². The number of phenols is 1. The molecule has 4 aromatic rings. The van der Waals surface area contributed by atoms with Crippen LogP contribution in [0.1, 0.15) is 68.4 Å². The van der Waals surface area contributed by atoms with Crippen molar-refractivity contribution in [2.45, 2.75) is 68.8 Å². The summed E-state index contributed by atoms with van der Waals surface area (Å²) in [5.41, 5.74) is 8.86. The highest BCUT2D eigenvalue weighted by Crippen LogP contribution is 2.39. The van der Waals surface area contributed by atoms with Crippen LogP contribution in [0, 0.1) is 11.6 Å². The summed E-state index contributed by atoms with van der Waals surface area (Å²) in [6.07, 6.45) is 4.65. The van der Waals surface area contributed by atoms with Crippen LogP contribution in [-0.2, 0) is 19.8 Å². The van der Waals surface area contributed by atoms with E-state index < -0.39 is 23.5 Å². The zero-order valence-electron chi connectivity index (χ0n) is 31.2. The minimum atomic E-state index is -1.09. The number of nitrogen functional groups attached to an aromatic ring is 1. The van der Waals surface area contributed by atoms with Gasteiger partial charge >= 0.3 is 0 Å². The fourth-order valence-electron chi connectivity index (χ4n) is 8.15. The molecule has 3 aromatic carbocycles. The minimum absolute atomic E-state index is 0.0200. The number of hydrogen-bond acceptors (Lipinski definition) is 10. The molecule has 294 valence electrons. The lowest BCUT2D eigenvalue weighted by Gasteiger charge is -2.43. The number of benzene rings is 3. The van der Waals surface area contributed by atoms with Crippen molar-refractivity contribution in [3.05, 3.63) is 95.6 Å². The largest absolute Gasteiger partial charge is 0.504 e. The maximum atomic E-state index is 14.1. The lowest BCUT2D eigenvalue weighted by atomic mass is 9.72. The van der Waals surface area contributed by atoms with Gasteiger partial charge in [-0.25, -0.2) is 8.78 Å². The third kappa shape index (κ3) is 8.91. The van der Waals surface area contributed by atoms with Crippen LogP contribution in [0.25, 0.3) is 11.3 Å². The van der Waals surface area contributed by atoms with Crippen molar-refractivity contribution in [2.24, 2.45) is 0 Å². The SMILES string of the molecule is Nc1nnc(-c2cc(F)cc(F)c2O)cc1N1CCC(CNC(=O)CCCN2CCC(c3ccc(OC4CCC(=O)NC4=O)cc3)CC2)(c2ccccc2)CC1. The van der Waals surface area contributed by atoms with Crippen molar-refractivity contribution in [3.63, 3.8) is 0 Å². The van der Waals surface area contributed by atoms with Gasteiger partial charge in [0.15, 0.2) is 23.5 Å². The fourth-order valence-corrected chi connectivity index (χ4v) is 8.15. The molecule has 3 aliphatic rings. The third-order valence-corrected chi connectivity index (χ3v) is 11.5. The van der Waals surface area contributed by atoms with Gasteiger partial charge in [0.05, 0.1) is 11.4 Å². The molecular formula is C42H47F2N7O5. The maximum Gasteiger partial charge on any atom is 0.267 e. The number of ether oxygens (including phenoxy) is 1. The highest BCUT2D eigenvalue weighted by atomic mass is 19.1. The van der Waals surface area contributed by atoms with Crippen LogP contribution in [0.3, 0.4) is 0 Å². The number of imide groups is 1. The van der Waals surface area contributed by atoms with Gasteiger partial charge in [0.1, 0.15) is 11.6 Å². The van der Waals surface area contributed by atoms with Gasteiger partial charge in [-0.2, -0.15) is 0 Å². The van der Waals surface area contributed by atoms with Crippen molar-refractivity contribution >= 4 is 29.2 Å². The molecule has 1 atom stereocenters. The molecule has 12 nitrogen and oxygen atoms in total. The zero-order chi connectivity index (χ0) is 39.2. The molecule has 14 heteroatoms. The molecule has 0 aliphatic carbocycles. The Balaban J connectivity index is 0.883. The Labute approximate surface area is 324 Å². The van der Waals surface area contributed by atoms with E-state index in [0.29, 0.717) is 68.7 Å². The van der Waals surface area contributed by atoms with E-state index in [4.69, 9.17) is 10.5 Å². The first-order valence-electron chi connectivity index (χ1n) is 19.3. The molecule has 3 fully saturated rings. The van der Waals surface area contributed by atoms with Gasteiger partial charge in [0.25, 0.3) is 5.91 Å². The fraction of sp³-hybridized carbons (Fsp3) is 0.405. The summed E-state index contributed by atoms with van der Waals surface area (Å²) in [5.74, 6) is -2.06. The number of phenolic OH excluding ortho intramolecular Hbond substituents is 1. The van der Waals surface area contributed by atoms with Gasteiger partial charge in [-0.3, -0.25) is 19.7 Å². The van der Waals surface area contributed by atoms with Crippen molar-refractivity contribution < 1.29 is 33.0 Å². The number of likely N-dealkylation sites (tertiary alicyclic amines) is 1. The minimum Gasteiger partial charge on any atom is -0.504 e. The van der Waals surface area contributed by atoms with Crippen LogP contribution in [-0.4, -0.2) is 83.3 Å². The summed E-state index contributed by atoms with van der Waals surface area (Å²) in [4.78, 5) is 41.1. The van der Waals surface area contributed by atoms with Crippen LogP contribution in [0.4, 0.5) is 20.3 Å². The summed E-state index contributed by atoms with van der Waals surface area (Å²) < 4.78 is 34.0. The summed E-state index contributed by atoms with van der Waals surface area (Å²) in [6, 6.07) is 21.3. The number of piperidine rings is 3. The molecule has 0 bridgehead atoms. The molecule has 56 heavy (non-hydrogen) atoms. The molecule has 1 aromatic heterocycles. The predicted octanol–water partition coefficient (Wildman–Crippen LogP) is 5.21. The molecule has 0 saturated carbocycles. The van der Waals surface area contributed by atoms with E-state index in [0.717, 1.165) is 50.5 Å². The van der Waals surface area contributed by atoms with Gasteiger partial charge in [-0.05, 0) is 93.0 Å². The van der Waals surface area contributed by atoms with E-state index in [1.807, 2.05) is 30.3 Å². The molecule has 4 heterocycles. The van der Waals surface area contributed by atoms with E-state index in [2.05, 4.69) is 54.9 Å². The Hall–Kier alpha value is -5.63. The molecule has 0 radical (unpaired) electrons. The second-order valence-electron chi connectivity index (χ2n) is 15.0. The standard InChI is InChI=1S/C42H47F2N7O5/c43-30-23-32(39(54)33(44)24-30)34-25-35(40(45)49-48-34)51-21-16-42(17-22-51,29-5-2-1-3-6-29)26-46-37(52)7-4-18-50-19-14-28(15-20-50)27-8-10-31(11-9-27)56-36-12-13-38(53)47-41(36)55/h1-3,5-6,8-11,23-25,28,36,54H,4,7,12-22,26H2,(H2,45,49)(H,46,52)(H,47,53,55). The average molecular weight is 768 g/mol. The van der Waals surface area contributed by atoms with Crippen molar-refractivity contribution in [3.8, 4) is 22.8 Å². The number of hydrogen-bond donors (Lipinski definition) is 4. The summed E-state index contributed by atoms with van der Waals surface area (Å²) >= 11 is 0.